The molecule has 0 bridgehead atoms. The second kappa shape index (κ2) is 20.7. The summed E-state index contributed by atoms with van der Waals surface area (Å²) in [5.41, 5.74) is 6.33. The number of sulfonamides is 1. The van der Waals surface area contributed by atoms with Crippen LogP contribution in [0.15, 0.2) is 59.5 Å². The summed E-state index contributed by atoms with van der Waals surface area (Å²) in [6, 6.07) is 9.20. The zero-order valence-corrected chi connectivity index (χ0v) is 35.6. The van der Waals surface area contributed by atoms with Crippen LogP contribution in [0.5, 0.6) is 0 Å². The van der Waals surface area contributed by atoms with Crippen molar-refractivity contribution in [2.45, 2.75) is 105 Å². The van der Waals surface area contributed by atoms with Crippen LogP contribution in [0.2, 0.25) is 0 Å². The molecule has 0 radical (unpaired) electrons. The molecule has 2 heterocycles. The smallest absolute Gasteiger partial charge is 0.290 e. The molecule has 4 atom stereocenters. The Morgan fingerprint density at radius 3 is 2.17 bits per heavy atom. The van der Waals surface area contributed by atoms with E-state index in [1.54, 1.807) is 60.8 Å². The Balaban J connectivity index is 1.33. The molecule has 2 aromatic carbocycles. The average molecular weight is 872 g/mol. The molecule has 6 amide bonds. The molecule has 320 valence electrons. The van der Waals surface area contributed by atoms with Gasteiger partial charge in [-0.3, -0.25) is 33.6 Å². The van der Waals surface area contributed by atoms with Gasteiger partial charge in [-0.25, -0.2) is 8.42 Å². The number of amides is 6. The summed E-state index contributed by atoms with van der Waals surface area (Å²) in [6.07, 6.45) is 5.47. The van der Waals surface area contributed by atoms with Crippen molar-refractivity contribution in [3.05, 3.63) is 60.2 Å². The fourth-order valence-electron chi connectivity index (χ4n) is 7.69. The van der Waals surface area contributed by atoms with Gasteiger partial charge in [0.25, 0.3) is 5.91 Å². The van der Waals surface area contributed by atoms with Crippen LogP contribution in [0.25, 0.3) is 0 Å². The van der Waals surface area contributed by atoms with Gasteiger partial charge in [0.1, 0.15) is 18.1 Å². The molecule has 1 aliphatic carbocycles. The summed E-state index contributed by atoms with van der Waals surface area (Å²) in [5.74, 6) is -3.92. The van der Waals surface area contributed by atoms with E-state index in [9.17, 15) is 42.0 Å². The van der Waals surface area contributed by atoms with E-state index in [0.29, 0.717) is 30.5 Å². The lowest BCUT2D eigenvalue weighted by atomic mass is 9.83. The number of ketones is 1. The molecule has 4 unspecified atom stereocenters. The molecule has 2 aliphatic heterocycles. The zero-order chi connectivity index (χ0) is 42.7. The topological polar surface area (TPSA) is 243 Å². The van der Waals surface area contributed by atoms with Gasteiger partial charge < -0.3 is 31.9 Å². The number of primary amides is 1. The van der Waals surface area contributed by atoms with E-state index in [-0.39, 0.29) is 36.1 Å². The standard InChI is InChI=1S/C40H53N7O9S3/c1-3-11-30(35(50)38(53)42-23-32(49)45-33(36(41)51)26-12-6-4-7-13-26)44-37(52)31-22-40(57-20-10-21-58-40)24-47(31)39(54)34(27-14-8-5-9-15-27)46-59(55,56)29-18-16-28(17-19-29)43-25(2)48/h4,6-7,12-13,16-19,27,30-31,33-34,46H,3,5,8-11,14-15,20-24H2,1-2H3,(H2,41,51)(H,42,53)(H,43,48)(H,44,52)(H,45,49). The Morgan fingerprint density at radius 1 is 0.898 bits per heavy atom. The van der Waals surface area contributed by atoms with Gasteiger partial charge in [0.2, 0.25) is 45.3 Å². The molecule has 16 nitrogen and oxygen atoms in total. The number of rotatable bonds is 17. The quantitative estimate of drug-likeness (QED) is 0.126. The number of hydrogen-bond donors (Lipinski definition) is 6. The first-order valence-corrected chi connectivity index (χ1v) is 23.3. The molecule has 3 fully saturated rings. The van der Waals surface area contributed by atoms with E-state index in [1.165, 1.54) is 36.1 Å². The predicted molar refractivity (Wildman–Crippen MR) is 225 cm³/mol. The van der Waals surface area contributed by atoms with E-state index in [2.05, 4.69) is 26.0 Å². The van der Waals surface area contributed by atoms with Crippen molar-refractivity contribution >= 4 is 80.5 Å². The maximum absolute atomic E-state index is 14.8. The normalized spacial score (nSPS) is 19.5. The molecule has 59 heavy (non-hydrogen) atoms. The minimum absolute atomic E-state index is 0.0858. The Bertz CT molecular complexity index is 1970. The van der Waals surface area contributed by atoms with E-state index >= 15 is 0 Å². The monoisotopic (exact) mass is 871 g/mol. The summed E-state index contributed by atoms with van der Waals surface area (Å²) < 4.78 is 29.9. The minimum atomic E-state index is -4.25. The fraction of sp³-hybridized carbons (Fsp3) is 0.525. The molecular formula is C40H53N7O9S3. The first-order chi connectivity index (χ1) is 28.1. The Hall–Kier alpha value is -4.46. The van der Waals surface area contributed by atoms with Gasteiger partial charge in [-0.1, -0.05) is 62.9 Å². The van der Waals surface area contributed by atoms with Crippen molar-refractivity contribution in [2.75, 3.05) is 29.9 Å². The van der Waals surface area contributed by atoms with Crippen molar-refractivity contribution < 1.29 is 42.0 Å². The number of thioether (sulfide) groups is 2. The molecule has 5 rings (SSSR count). The van der Waals surface area contributed by atoms with Gasteiger partial charge in [0.15, 0.2) is 0 Å². The summed E-state index contributed by atoms with van der Waals surface area (Å²) in [6.45, 7) is 2.64. The van der Waals surface area contributed by atoms with Crippen LogP contribution in [-0.4, -0.2) is 101 Å². The molecule has 0 aromatic heterocycles. The average Bonchev–Trinajstić information content (AvgIpc) is 3.59. The lowest BCUT2D eigenvalue weighted by Crippen LogP contribution is -2.58. The first-order valence-electron chi connectivity index (χ1n) is 19.9. The van der Waals surface area contributed by atoms with Gasteiger partial charge in [-0.15, -0.1) is 23.5 Å². The number of Topliss-reactive ketones (excluding diaryl/α,β-unsaturated/α-hetero) is 1. The Labute approximate surface area is 353 Å². The van der Waals surface area contributed by atoms with Crippen LogP contribution < -0.4 is 31.7 Å². The molecule has 2 aromatic rings. The molecule has 7 N–H and O–H groups in total. The van der Waals surface area contributed by atoms with Gasteiger partial charge in [0.05, 0.1) is 21.6 Å². The lowest BCUT2D eigenvalue weighted by Gasteiger charge is -2.35. The number of nitrogens with zero attached hydrogens (tertiary/aromatic N) is 1. The van der Waals surface area contributed by atoms with E-state index in [1.807, 2.05) is 0 Å². The number of anilines is 1. The fourth-order valence-corrected chi connectivity index (χ4v) is 12.3. The van der Waals surface area contributed by atoms with Crippen molar-refractivity contribution in [3.63, 3.8) is 0 Å². The van der Waals surface area contributed by atoms with Gasteiger partial charge in [0, 0.05) is 25.6 Å². The number of carbonyl (C=O) groups excluding carboxylic acids is 7. The maximum atomic E-state index is 14.8. The molecule has 2 saturated heterocycles. The second-order valence-corrected chi connectivity index (χ2v) is 20.0. The molecule has 3 aliphatic rings. The number of benzene rings is 2. The van der Waals surface area contributed by atoms with Crippen molar-refractivity contribution in [2.24, 2.45) is 11.7 Å². The first kappa shape index (κ1) is 45.6. The highest BCUT2D eigenvalue weighted by atomic mass is 32.2. The van der Waals surface area contributed by atoms with Crippen molar-refractivity contribution in [3.8, 4) is 0 Å². The van der Waals surface area contributed by atoms with Gasteiger partial charge in [-0.2, -0.15) is 4.72 Å². The van der Waals surface area contributed by atoms with Crippen LogP contribution >= 0.6 is 23.5 Å². The van der Waals surface area contributed by atoms with Crippen LogP contribution in [0.4, 0.5) is 5.69 Å². The number of carbonyl (C=O) groups is 7. The number of nitrogens with two attached hydrogens (primary N) is 1. The van der Waals surface area contributed by atoms with E-state index in [4.69, 9.17) is 5.73 Å². The van der Waals surface area contributed by atoms with Crippen molar-refractivity contribution in [1.29, 1.82) is 0 Å². The Kier molecular flexibility index (Phi) is 16.0. The third-order valence-corrected chi connectivity index (χ3v) is 15.4. The number of hydrogen-bond acceptors (Lipinski definition) is 11. The van der Waals surface area contributed by atoms with Gasteiger partial charge in [-0.05, 0) is 72.9 Å². The summed E-state index contributed by atoms with van der Waals surface area (Å²) in [4.78, 5) is 93.4. The van der Waals surface area contributed by atoms with Crippen molar-refractivity contribution in [1.82, 2.24) is 25.6 Å². The van der Waals surface area contributed by atoms with Crippen LogP contribution in [0.1, 0.15) is 83.2 Å². The highest BCUT2D eigenvalue weighted by Crippen LogP contribution is 2.50. The van der Waals surface area contributed by atoms with Crippen LogP contribution in [-0.2, 0) is 43.6 Å². The maximum Gasteiger partial charge on any atom is 0.290 e. The van der Waals surface area contributed by atoms with Crippen LogP contribution in [0, 0.1) is 5.92 Å². The Morgan fingerprint density at radius 2 is 1.56 bits per heavy atom. The third kappa shape index (κ3) is 12.1. The van der Waals surface area contributed by atoms with E-state index in [0.717, 1.165) is 37.2 Å². The highest BCUT2D eigenvalue weighted by Gasteiger charge is 2.52. The SMILES string of the molecule is CCCC(NC(=O)C1CC2(CN1C(=O)C(NS(=O)(=O)c1ccc(NC(C)=O)cc1)C1CCCCC1)SCCCS2)C(=O)C(=O)NCC(=O)NC(C(N)=O)c1ccccc1. The summed E-state index contributed by atoms with van der Waals surface area (Å²) in [7, 11) is -4.25. The second-order valence-electron chi connectivity index (χ2n) is 15.1. The predicted octanol–water partition coefficient (Wildman–Crippen LogP) is 2.35. The summed E-state index contributed by atoms with van der Waals surface area (Å²) >= 11 is 3.31. The molecular weight excluding hydrogens is 819 g/mol. The number of nitrogens with one attached hydrogen (secondary N) is 5. The lowest BCUT2D eigenvalue weighted by molar-refractivity contribution is -0.143. The highest BCUT2D eigenvalue weighted by molar-refractivity contribution is 8.18. The van der Waals surface area contributed by atoms with Crippen LogP contribution in [0.3, 0.4) is 0 Å². The van der Waals surface area contributed by atoms with E-state index < -0.39 is 80.1 Å². The minimum Gasteiger partial charge on any atom is -0.368 e. The molecule has 1 spiro atoms. The largest absolute Gasteiger partial charge is 0.368 e. The molecule has 19 heteroatoms. The molecule has 1 saturated carbocycles. The summed E-state index contributed by atoms with van der Waals surface area (Å²) in [5, 5.41) is 10.1. The number of likely N-dealkylation sites (tertiary alicyclic amines) is 1. The third-order valence-electron chi connectivity index (χ3n) is 10.6. The zero-order valence-electron chi connectivity index (χ0n) is 33.2. The van der Waals surface area contributed by atoms with Gasteiger partial charge >= 0.3 is 0 Å².